The van der Waals surface area contributed by atoms with Gasteiger partial charge in [0.15, 0.2) is 18.1 Å². The molecule has 0 heterocycles. The molecule has 2 aromatic carbocycles. The summed E-state index contributed by atoms with van der Waals surface area (Å²) in [4.78, 5) is 24.1. The molecule has 0 aliphatic carbocycles. The lowest BCUT2D eigenvalue weighted by molar-refractivity contribution is -0.125. The summed E-state index contributed by atoms with van der Waals surface area (Å²) in [5.74, 6) is 0.312. The standard InChI is InChI=1S/C22H27NO5/c1-15(2)16(3)23-21(24)14-28-22(25)18-10-11-19(20(12-18)26-4)27-13-17-8-6-5-7-9-17/h5-12,15-16H,13-14H2,1-4H3,(H,23,24)/t16-/m0/s1. The molecule has 6 heteroatoms. The number of hydrogen-bond acceptors (Lipinski definition) is 5. The third kappa shape index (κ3) is 6.30. The maximum Gasteiger partial charge on any atom is 0.338 e. The molecule has 1 amide bonds. The summed E-state index contributed by atoms with van der Waals surface area (Å²) in [6, 6.07) is 14.5. The van der Waals surface area contributed by atoms with Crippen molar-refractivity contribution >= 4 is 11.9 Å². The van der Waals surface area contributed by atoms with Crippen LogP contribution in [0.5, 0.6) is 11.5 Å². The van der Waals surface area contributed by atoms with Crippen LogP contribution in [0.15, 0.2) is 48.5 Å². The number of amides is 1. The highest BCUT2D eigenvalue weighted by Crippen LogP contribution is 2.29. The molecule has 0 radical (unpaired) electrons. The van der Waals surface area contributed by atoms with Crippen molar-refractivity contribution in [3.63, 3.8) is 0 Å². The summed E-state index contributed by atoms with van der Waals surface area (Å²) in [5, 5.41) is 2.79. The molecule has 0 saturated carbocycles. The second-order valence-corrected chi connectivity index (χ2v) is 6.82. The minimum atomic E-state index is -0.597. The van der Waals surface area contributed by atoms with Crippen LogP contribution < -0.4 is 14.8 Å². The van der Waals surface area contributed by atoms with Crippen LogP contribution in [0.25, 0.3) is 0 Å². The first-order chi connectivity index (χ1) is 13.4. The van der Waals surface area contributed by atoms with Crippen LogP contribution in [0.4, 0.5) is 0 Å². The SMILES string of the molecule is COc1cc(C(=O)OCC(=O)N[C@@H](C)C(C)C)ccc1OCc1ccccc1. The molecule has 150 valence electrons. The average Bonchev–Trinajstić information content (AvgIpc) is 2.70. The molecule has 0 spiro atoms. The Hall–Kier alpha value is -3.02. The Labute approximate surface area is 165 Å². The van der Waals surface area contributed by atoms with Gasteiger partial charge in [-0.1, -0.05) is 44.2 Å². The smallest absolute Gasteiger partial charge is 0.338 e. The zero-order valence-corrected chi connectivity index (χ0v) is 16.7. The summed E-state index contributed by atoms with van der Waals surface area (Å²) in [6.07, 6.45) is 0. The molecule has 1 N–H and O–H groups in total. The number of nitrogens with one attached hydrogen (secondary N) is 1. The molecule has 1 atom stereocenters. The highest BCUT2D eigenvalue weighted by molar-refractivity contribution is 5.92. The molecule has 0 aliphatic rings. The summed E-state index contributed by atoms with van der Waals surface area (Å²) in [5.41, 5.74) is 1.31. The monoisotopic (exact) mass is 385 g/mol. The minimum Gasteiger partial charge on any atom is -0.493 e. The number of rotatable bonds is 9. The average molecular weight is 385 g/mol. The van der Waals surface area contributed by atoms with Crippen LogP contribution in [0.1, 0.15) is 36.7 Å². The van der Waals surface area contributed by atoms with Crippen LogP contribution in [-0.2, 0) is 16.1 Å². The van der Waals surface area contributed by atoms with Crippen molar-refractivity contribution in [2.24, 2.45) is 5.92 Å². The lowest BCUT2D eigenvalue weighted by atomic mass is 10.1. The third-order valence-electron chi connectivity index (χ3n) is 4.36. The van der Waals surface area contributed by atoms with Crippen molar-refractivity contribution < 1.29 is 23.8 Å². The minimum absolute atomic E-state index is 0.00680. The molecule has 6 nitrogen and oxygen atoms in total. The number of carbonyl (C=O) groups excluding carboxylic acids is 2. The van der Waals surface area contributed by atoms with E-state index in [4.69, 9.17) is 14.2 Å². The van der Waals surface area contributed by atoms with Gasteiger partial charge in [0.1, 0.15) is 6.61 Å². The Kier molecular flexibility index (Phi) is 7.87. The fourth-order valence-corrected chi connectivity index (χ4v) is 2.33. The molecule has 2 rings (SSSR count). The van der Waals surface area contributed by atoms with Gasteiger partial charge < -0.3 is 19.5 Å². The van der Waals surface area contributed by atoms with Crippen LogP contribution in [0.2, 0.25) is 0 Å². The summed E-state index contributed by atoms with van der Waals surface area (Å²) in [7, 11) is 1.50. The van der Waals surface area contributed by atoms with Gasteiger partial charge in [-0.3, -0.25) is 4.79 Å². The van der Waals surface area contributed by atoms with E-state index in [1.807, 2.05) is 51.1 Å². The predicted octanol–water partition coefficient (Wildman–Crippen LogP) is 3.59. The first kappa shape index (κ1) is 21.3. The van der Waals surface area contributed by atoms with E-state index in [1.54, 1.807) is 12.1 Å². The molecular weight excluding hydrogens is 358 g/mol. The molecule has 0 fully saturated rings. The van der Waals surface area contributed by atoms with E-state index < -0.39 is 5.97 Å². The number of benzene rings is 2. The normalized spacial score (nSPS) is 11.6. The first-order valence-electron chi connectivity index (χ1n) is 9.22. The molecule has 0 bridgehead atoms. The van der Waals surface area contributed by atoms with Gasteiger partial charge in [-0.05, 0) is 36.6 Å². The molecular formula is C22H27NO5. The maximum atomic E-state index is 12.2. The molecule has 0 aromatic heterocycles. The zero-order chi connectivity index (χ0) is 20.5. The quantitative estimate of drug-likeness (QED) is 0.668. The summed E-state index contributed by atoms with van der Waals surface area (Å²) >= 11 is 0. The van der Waals surface area contributed by atoms with Crippen LogP contribution in [0, 0.1) is 5.92 Å². The Balaban J connectivity index is 1.94. The van der Waals surface area contributed by atoms with Crippen molar-refractivity contribution in [1.29, 1.82) is 0 Å². The van der Waals surface area contributed by atoms with Gasteiger partial charge in [0.2, 0.25) is 0 Å². The number of hydrogen-bond donors (Lipinski definition) is 1. The molecule has 2 aromatic rings. The second kappa shape index (κ2) is 10.3. The van der Waals surface area contributed by atoms with E-state index in [9.17, 15) is 9.59 Å². The topological polar surface area (TPSA) is 73.9 Å². The van der Waals surface area contributed by atoms with Gasteiger partial charge in [-0.25, -0.2) is 4.79 Å². The highest BCUT2D eigenvalue weighted by Gasteiger charge is 2.16. The van der Waals surface area contributed by atoms with Crippen molar-refractivity contribution in [2.75, 3.05) is 13.7 Å². The second-order valence-electron chi connectivity index (χ2n) is 6.82. The Morgan fingerprint density at radius 3 is 2.36 bits per heavy atom. The maximum absolute atomic E-state index is 12.2. The lowest BCUT2D eigenvalue weighted by Gasteiger charge is -2.17. The van der Waals surface area contributed by atoms with Crippen LogP contribution >= 0.6 is 0 Å². The van der Waals surface area contributed by atoms with Crippen molar-refractivity contribution in [2.45, 2.75) is 33.4 Å². The molecule has 28 heavy (non-hydrogen) atoms. The van der Waals surface area contributed by atoms with Gasteiger partial charge in [0, 0.05) is 6.04 Å². The van der Waals surface area contributed by atoms with Crippen molar-refractivity contribution in [3.05, 3.63) is 59.7 Å². The number of methoxy groups -OCH3 is 1. The van der Waals surface area contributed by atoms with Crippen molar-refractivity contribution in [3.8, 4) is 11.5 Å². The number of esters is 1. The molecule has 0 aliphatic heterocycles. The van der Waals surface area contributed by atoms with E-state index in [-0.39, 0.29) is 24.1 Å². The van der Waals surface area contributed by atoms with Gasteiger partial charge >= 0.3 is 5.97 Å². The number of ether oxygens (including phenoxy) is 3. The van der Waals surface area contributed by atoms with Gasteiger partial charge in [0.25, 0.3) is 5.91 Å². The van der Waals surface area contributed by atoms with Crippen LogP contribution in [0.3, 0.4) is 0 Å². The lowest BCUT2D eigenvalue weighted by Crippen LogP contribution is -2.38. The summed E-state index contributed by atoms with van der Waals surface area (Å²) < 4.78 is 16.2. The largest absolute Gasteiger partial charge is 0.493 e. The van der Waals surface area contributed by atoms with Gasteiger partial charge in [-0.15, -0.1) is 0 Å². The Morgan fingerprint density at radius 2 is 1.71 bits per heavy atom. The third-order valence-corrected chi connectivity index (χ3v) is 4.36. The van der Waals surface area contributed by atoms with E-state index in [1.165, 1.54) is 13.2 Å². The highest BCUT2D eigenvalue weighted by atomic mass is 16.5. The first-order valence-corrected chi connectivity index (χ1v) is 9.22. The summed E-state index contributed by atoms with van der Waals surface area (Å²) in [6.45, 7) is 5.97. The van der Waals surface area contributed by atoms with E-state index >= 15 is 0 Å². The van der Waals surface area contributed by atoms with Gasteiger partial charge in [-0.2, -0.15) is 0 Å². The molecule has 0 unspecified atom stereocenters. The Bertz CT molecular complexity index is 789. The van der Waals surface area contributed by atoms with E-state index in [2.05, 4.69) is 5.32 Å². The van der Waals surface area contributed by atoms with E-state index in [0.29, 0.717) is 24.0 Å². The number of carbonyl (C=O) groups is 2. The predicted molar refractivity (Wildman–Crippen MR) is 106 cm³/mol. The molecule has 0 saturated heterocycles. The fourth-order valence-electron chi connectivity index (χ4n) is 2.33. The zero-order valence-electron chi connectivity index (χ0n) is 16.7. The van der Waals surface area contributed by atoms with Crippen molar-refractivity contribution in [1.82, 2.24) is 5.32 Å². The van der Waals surface area contributed by atoms with Gasteiger partial charge in [0.05, 0.1) is 12.7 Å². The van der Waals surface area contributed by atoms with Crippen LogP contribution in [-0.4, -0.2) is 31.6 Å². The van der Waals surface area contributed by atoms with E-state index in [0.717, 1.165) is 5.56 Å². The Morgan fingerprint density at radius 1 is 1.00 bits per heavy atom. The fraction of sp³-hybridized carbons (Fsp3) is 0.364.